The van der Waals surface area contributed by atoms with Crippen molar-refractivity contribution < 1.29 is 8.78 Å². The van der Waals surface area contributed by atoms with Crippen LogP contribution < -0.4 is 10.2 Å². The Morgan fingerprint density at radius 3 is 2.65 bits per heavy atom. The Labute approximate surface area is 151 Å². The van der Waals surface area contributed by atoms with Crippen LogP contribution >= 0.6 is 0 Å². The Balaban J connectivity index is 1.90. The molecule has 4 nitrogen and oxygen atoms in total. The van der Waals surface area contributed by atoms with Crippen LogP contribution in [0.2, 0.25) is 0 Å². The number of hydrogen-bond acceptors (Lipinski definition) is 3. The largest absolute Gasteiger partial charge is 0.326 e. The van der Waals surface area contributed by atoms with Gasteiger partial charge in [-0.05, 0) is 49.4 Å². The van der Waals surface area contributed by atoms with Crippen LogP contribution in [0.15, 0.2) is 48.5 Å². The molecule has 0 atom stereocenters. The lowest BCUT2D eigenvalue weighted by Crippen LogP contribution is -2.30. The molecule has 1 aliphatic heterocycles. The molecule has 0 unspecified atom stereocenters. The molecule has 0 saturated heterocycles. The molecule has 0 bridgehead atoms. The Morgan fingerprint density at radius 2 is 1.92 bits per heavy atom. The van der Waals surface area contributed by atoms with E-state index >= 15 is 0 Å². The summed E-state index contributed by atoms with van der Waals surface area (Å²) in [6.45, 7) is 5.00. The Bertz CT molecular complexity index is 918. The zero-order valence-corrected chi connectivity index (χ0v) is 14.5. The van der Waals surface area contributed by atoms with Crippen molar-refractivity contribution in [2.75, 3.05) is 18.0 Å². The van der Waals surface area contributed by atoms with E-state index in [1.54, 1.807) is 18.2 Å². The van der Waals surface area contributed by atoms with Crippen molar-refractivity contribution in [1.82, 2.24) is 14.9 Å². The van der Waals surface area contributed by atoms with Crippen LogP contribution in [-0.4, -0.2) is 22.6 Å². The van der Waals surface area contributed by atoms with Crippen molar-refractivity contribution in [3.8, 4) is 11.3 Å². The third-order valence-electron chi connectivity index (χ3n) is 4.62. The van der Waals surface area contributed by atoms with E-state index in [2.05, 4.69) is 14.8 Å². The summed E-state index contributed by atoms with van der Waals surface area (Å²) in [7, 11) is 0. The fourth-order valence-corrected chi connectivity index (χ4v) is 3.42. The molecule has 1 N–H and O–H groups in total. The minimum absolute atomic E-state index is 0.274. The van der Waals surface area contributed by atoms with E-state index in [4.69, 9.17) is 4.98 Å². The van der Waals surface area contributed by atoms with Gasteiger partial charge >= 0.3 is 0 Å². The lowest BCUT2D eigenvalue weighted by atomic mass is 10.1. The molecule has 0 aliphatic carbocycles. The van der Waals surface area contributed by atoms with E-state index in [0.29, 0.717) is 13.1 Å². The van der Waals surface area contributed by atoms with Crippen molar-refractivity contribution in [2.24, 2.45) is 0 Å². The molecule has 134 valence electrons. The molecule has 2 aromatic carbocycles. The number of nitrogens with zero attached hydrogens (tertiary/aromatic N) is 3. The monoisotopic (exact) mass is 354 g/mol. The quantitative estimate of drug-likeness (QED) is 0.766. The minimum Gasteiger partial charge on any atom is -0.326 e. The minimum atomic E-state index is -0.279. The molecule has 0 saturated carbocycles. The summed E-state index contributed by atoms with van der Waals surface area (Å²) < 4.78 is 29.4. The molecular formula is C20H20F2N4. The smallest absolute Gasteiger partial charge is 0.141 e. The maximum Gasteiger partial charge on any atom is 0.141 e. The van der Waals surface area contributed by atoms with E-state index < -0.39 is 0 Å². The molecule has 0 amide bonds. The first-order chi connectivity index (χ1) is 12.7. The second-order valence-electron chi connectivity index (χ2n) is 6.26. The zero-order valence-electron chi connectivity index (χ0n) is 14.5. The standard InChI is InChI=1S/C20H20F2N4/c1-2-25(17-5-3-4-16(22)12-17)20-19(14-6-8-15(21)9-7-14)24-18-13-23-10-11-26(18)20/h3-9,12,23H,2,10-11,13H2,1H3. The summed E-state index contributed by atoms with van der Waals surface area (Å²) >= 11 is 0. The lowest BCUT2D eigenvalue weighted by Gasteiger charge is -2.27. The summed E-state index contributed by atoms with van der Waals surface area (Å²) in [5.41, 5.74) is 2.41. The van der Waals surface area contributed by atoms with Crippen LogP contribution in [0.5, 0.6) is 0 Å². The highest BCUT2D eigenvalue weighted by Crippen LogP contribution is 2.36. The second-order valence-corrected chi connectivity index (χ2v) is 6.26. The van der Waals surface area contributed by atoms with Gasteiger partial charge in [0, 0.05) is 30.9 Å². The molecule has 1 aliphatic rings. The van der Waals surface area contributed by atoms with Gasteiger partial charge in [0.05, 0.1) is 6.54 Å². The zero-order chi connectivity index (χ0) is 18.1. The number of rotatable bonds is 4. The van der Waals surface area contributed by atoms with Gasteiger partial charge in [0.25, 0.3) is 0 Å². The number of nitrogens with one attached hydrogen (secondary N) is 1. The predicted molar refractivity (Wildman–Crippen MR) is 98.4 cm³/mol. The van der Waals surface area contributed by atoms with Gasteiger partial charge in [0.2, 0.25) is 0 Å². The summed E-state index contributed by atoms with van der Waals surface area (Å²) in [5.74, 6) is 1.30. The Morgan fingerprint density at radius 1 is 1.12 bits per heavy atom. The van der Waals surface area contributed by atoms with Crippen molar-refractivity contribution in [2.45, 2.75) is 20.0 Å². The summed E-state index contributed by atoms with van der Waals surface area (Å²) in [4.78, 5) is 6.87. The number of hydrogen-bond donors (Lipinski definition) is 1. The first-order valence-corrected chi connectivity index (χ1v) is 8.76. The molecule has 3 aromatic rings. The number of fused-ring (bicyclic) bond motifs is 1. The van der Waals surface area contributed by atoms with Crippen LogP contribution in [0.25, 0.3) is 11.3 Å². The van der Waals surface area contributed by atoms with Crippen molar-refractivity contribution in [3.63, 3.8) is 0 Å². The van der Waals surface area contributed by atoms with Crippen LogP contribution in [0, 0.1) is 11.6 Å². The lowest BCUT2D eigenvalue weighted by molar-refractivity contribution is 0.505. The molecule has 4 rings (SSSR count). The SMILES string of the molecule is CCN(c1cccc(F)c1)c1c(-c2ccc(F)cc2)nc2n1CCNC2. The van der Waals surface area contributed by atoms with Gasteiger partial charge in [0.15, 0.2) is 0 Å². The molecule has 1 aromatic heterocycles. The fourth-order valence-electron chi connectivity index (χ4n) is 3.42. The molecule has 6 heteroatoms. The van der Waals surface area contributed by atoms with Gasteiger partial charge in [-0.2, -0.15) is 0 Å². The average molecular weight is 354 g/mol. The summed E-state index contributed by atoms with van der Waals surface area (Å²) in [6, 6.07) is 12.9. The Hall–Kier alpha value is -2.73. The average Bonchev–Trinajstić information content (AvgIpc) is 3.03. The van der Waals surface area contributed by atoms with Gasteiger partial charge in [-0.15, -0.1) is 0 Å². The van der Waals surface area contributed by atoms with Crippen molar-refractivity contribution in [1.29, 1.82) is 0 Å². The van der Waals surface area contributed by atoms with Crippen LogP contribution in [0.4, 0.5) is 20.3 Å². The molecular weight excluding hydrogens is 334 g/mol. The third-order valence-corrected chi connectivity index (χ3v) is 4.62. The number of halogens is 2. The summed E-state index contributed by atoms with van der Waals surface area (Å²) in [6.07, 6.45) is 0. The topological polar surface area (TPSA) is 33.1 Å². The van der Waals surface area contributed by atoms with E-state index in [0.717, 1.165) is 41.7 Å². The van der Waals surface area contributed by atoms with Gasteiger partial charge < -0.3 is 14.8 Å². The van der Waals surface area contributed by atoms with E-state index in [-0.39, 0.29) is 11.6 Å². The fraction of sp³-hybridized carbons (Fsp3) is 0.250. The molecule has 26 heavy (non-hydrogen) atoms. The predicted octanol–water partition coefficient (Wildman–Crippen LogP) is 4.09. The number of aromatic nitrogens is 2. The van der Waals surface area contributed by atoms with Gasteiger partial charge in [0.1, 0.15) is 29.0 Å². The normalized spacial score (nSPS) is 13.5. The van der Waals surface area contributed by atoms with E-state index in [1.807, 2.05) is 13.0 Å². The maximum atomic E-state index is 13.8. The van der Waals surface area contributed by atoms with Crippen LogP contribution in [0.1, 0.15) is 12.7 Å². The highest BCUT2D eigenvalue weighted by molar-refractivity contribution is 5.78. The highest BCUT2D eigenvalue weighted by Gasteiger charge is 2.25. The highest BCUT2D eigenvalue weighted by atomic mass is 19.1. The number of imidazole rings is 1. The number of anilines is 2. The summed E-state index contributed by atoms with van der Waals surface area (Å²) in [5, 5.41) is 3.33. The molecule has 0 fully saturated rings. The second kappa shape index (κ2) is 6.88. The van der Waals surface area contributed by atoms with E-state index in [9.17, 15) is 8.78 Å². The third kappa shape index (κ3) is 2.97. The van der Waals surface area contributed by atoms with Crippen LogP contribution in [0.3, 0.4) is 0 Å². The first kappa shape index (κ1) is 16.7. The molecule has 2 heterocycles. The van der Waals surface area contributed by atoms with Crippen LogP contribution in [-0.2, 0) is 13.1 Å². The van der Waals surface area contributed by atoms with Gasteiger partial charge in [-0.1, -0.05) is 6.07 Å². The van der Waals surface area contributed by atoms with Gasteiger partial charge in [-0.25, -0.2) is 13.8 Å². The number of benzene rings is 2. The molecule has 0 radical (unpaired) electrons. The maximum absolute atomic E-state index is 13.8. The Kier molecular flexibility index (Phi) is 4.42. The molecule has 0 spiro atoms. The first-order valence-electron chi connectivity index (χ1n) is 8.76. The van der Waals surface area contributed by atoms with Crippen molar-refractivity contribution >= 4 is 11.5 Å². The van der Waals surface area contributed by atoms with Crippen molar-refractivity contribution in [3.05, 3.63) is 66.0 Å². The van der Waals surface area contributed by atoms with Gasteiger partial charge in [-0.3, -0.25) is 0 Å². The van der Waals surface area contributed by atoms with E-state index in [1.165, 1.54) is 24.3 Å².